The highest BCUT2D eigenvalue weighted by molar-refractivity contribution is 4.82. The van der Waals surface area contributed by atoms with Crippen molar-refractivity contribution in [3.05, 3.63) is 31.7 Å². The van der Waals surface area contributed by atoms with Crippen LogP contribution in [-0.4, -0.2) is 0 Å². The first kappa shape index (κ1) is 11.5. The fourth-order valence-corrected chi connectivity index (χ4v) is 1.05. The van der Waals surface area contributed by atoms with Crippen LogP contribution in [0.25, 0.3) is 0 Å². The Morgan fingerprint density at radius 1 is 0.833 bits per heavy atom. The Kier molecular flexibility index (Phi) is 10.0. The number of rotatable bonds is 8. The first-order chi connectivity index (χ1) is 5.91. The molecule has 0 rings (SSSR count). The van der Waals surface area contributed by atoms with Crippen LogP contribution in [0.1, 0.15) is 44.9 Å². The maximum absolute atomic E-state index is 3.81. The second-order valence-corrected chi connectivity index (χ2v) is 3.04. The Balaban J connectivity index is 2.98. The molecule has 12 heavy (non-hydrogen) atoms. The fraction of sp³-hybridized carbons (Fsp3) is 0.583. The molecule has 0 atom stereocenters. The topological polar surface area (TPSA) is 0 Å². The molecule has 69 valence electrons. The van der Waals surface area contributed by atoms with Gasteiger partial charge in [-0.1, -0.05) is 38.0 Å². The van der Waals surface area contributed by atoms with E-state index in [-0.39, 0.29) is 0 Å². The van der Waals surface area contributed by atoms with Gasteiger partial charge in [0.05, 0.1) is 0 Å². The maximum Gasteiger partial charge on any atom is -0.0348 e. The molecule has 0 aliphatic rings. The Labute approximate surface area is 77.4 Å². The SMILES string of the molecule is [CH2]CCCCC=CCCCC=C. The summed E-state index contributed by atoms with van der Waals surface area (Å²) in [6.45, 7) is 7.50. The van der Waals surface area contributed by atoms with E-state index in [1.165, 1.54) is 32.1 Å². The van der Waals surface area contributed by atoms with E-state index < -0.39 is 0 Å². The molecule has 0 bridgehead atoms. The molecule has 0 aliphatic heterocycles. The number of hydrogen-bond acceptors (Lipinski definition) is 0. The molecule has 0 heterocycles. The molecule has 0 aromatic heterocycles. The average Bonchev–Trinajstić information content (AvgIpc) is 2.10. The largest absolute Gasteiger partial charge is 0.103 e. The third-order valence-corrected chi connectivity index (χ3v) is 1.82. The zero-order valence-corrected chi connectivity index (χ0v) is 8.10. The molecule has 0 amide bonds. The Hall–Kier alpha value is -0.520. The highest BCUT2D eigenvalue weighted by Gasteiger charge is 1.82. The summed E-state index contributed by atoms with van der Waals surface area (Å²) in [7, 11) is 0. The molecular formula is C12H21. The molecule has 0 N–H and O–H groups in total. The summed E-state index contributed by atoms with van der Waals surface area (Å²) >= 11 is 0. The second-order valence-electron chi connectivity index (χ2n) is 3.04. The fourth-order valence-electron chi connectivity index (χ4n) is 1.05. The standard InChI is InChI=1S/C12H21/c1-3-5-7-9-11-12-10-8-6-4-2/h3,11-12H,1-2,4-10H2. The summed E-state index contributed by atoms with van der Waals surface area (Å²) in [5.74, 6) is 0. The minimum Gasteiger partial charge on any atom is -0.103 e. The summed E-state index contributed by atoms with van der Waals surface area (Å²) in [4.78, 5) is 0. The van der Waals surface area contributed by atoms with Crippen LogP contribution < -0.4 is 0 Å². The lowest BCUT2D eigenvalue weighted by molar-refractivity contribution is 0.757. The number of hydrogen-bond donors (Lipinski definition) is 0. The van der Waals surface area contributed by atoms with Crippen molar-refractivity contribution in [2.75, 3.05) is 0 Å². The Morgan fingerprint density at radius 3 is 2.08 bits per heavy atom. The third-order valence-electron chi connectivity index (χ3n) is 1.82. The highest BCUT2D eigenvalue weighted by Crippen LogP contribution is 2.02. The van der Waals surface area contributed by atoms with Crippen LogP contribution in [0.15, 0.2) is 24.8 Å². The first-order valence-electron chi connectivity index (χ1n) is 4.97. The molecule has 0 spiro atoms. The predicted octanol–water partition coefficient (Wildman–Crippen LogP) is 4.29. The molecule has 0 aliphatic carbocycles. The van der Waals surface area contributed by atoms with E-state index in [4.69, 9.17) is 0 Å². The van der Waals surface area contributed by atoms with E-state index in [1.54, 1.807) is 0 Å². The third kappa shape index (κ3) is 9.48. The lowest BCUT2D eigenvalue weighted by atomic mass is 10.1. The Bertz CT molecular complexity index is 111. The normalized spacial score (nSPS) is 10.8. The van der Waals surface area contributed by atoms with Crippen LogP contribution in [0.4, 0.5) is 0 Å². The predicted molar refractivity (Wildman–Crippen MR) is 57.0 cm³/mol. The molecule has 0 aromatic rings. The van der Waals surface area contributed by atoms with Gasteiger partial charge < -0.3 is 0 Å². The van der Waals surface area contributed by atoms with Gasteiger partial charge >= 0.3 is 0 Å². The smallest absolute Gasteiger partial charge is 0.0348 e. The number of unbranched alkanes of at least 4 members (excludes halogenated alkanes) is 5. The van der Waals surface area contributed by atoms with Crippen molar-refractivity contribution in [1.82, 2.24) is 0 Å². The van der Waals surface area contributed by atoms with Crippen molar-refractivity contribution in [2.24, 2.45) is 0 Å². The van der Waals surface area contributed by atoms with Crippen LogP contribution in [0, 0.1) is 6.92 Å². The lowest BCUT2D eigenvalue weighted by Gasteiger charge is -1.92. The van der Waals surface area contributed by atoms with E-state index in [9.17, 15) is 0 Å². The van der Waals surface area contributed by atoms with Crippen LogP contribution in [0.2, 0.25) is 0 Å². The summed E-state index contributed by atoms with van der Waals surface area (Å²) < 4.78 is 0. The van der Waals surface area contributed by atoms with E-state index in [0.717, 1.165) is 12.8 Å². The van der Waals surface area contributed by atoms with E-state index in [2.05, 4.69) is 25.7 Å². The van der Waals surface area contributed by atoms with Crippen molar-refractivity contribution >= 4 is 0 Å². The molecule has 0 saturated heterocycles. The minimum atomic E-state index is 1.07. The quantitative estimate of drug-likeness (QED) is 0.372. The summed E-state index contributed by atoms with van der Waals surface area (Å²) in [6.07, 6.45) is 15.0. The molecular weight excluding hydrogens is 144 g/mol. The zero-order chi connectivity index (χ0) is 9.07. The van der Waals surface area contributed by atoms with Gasteiger partial charge in [-0.2, -0.15) is 0 Å². The van der Waals surface area contributed by atoms with E-state index in [1.807, 2.05) is 6.08 Å². The van der Waals surface area contributed by atoms with Crippen LogP contribution in [-0.2, 0) is 0 Å². The highest BCUT2D eigenvalue weighted by atomic mass is 13.9. The maximum atomic E-state index is 3.81. The first-order valence-corrected chi connectivity index (χ1v) is 4.97. The van der Waals surface area contributed by atoms with Gasteiger partial charge in [-0.05, 0) is 32.1 Å². The van der Waals surface area contributed by atoms with Crippen molar-refractivity contribution in [3.8, 4) is 0 Å². The average molecular weight is 165 g/mol. The van der Waals surface area contributed by atoms with Crippen molar-refractivity contribution in [3.63, 3.8) is 0 Å². The number of allylic oxidation sites excluding steroid dienone is 3. The van der Waals surface area contributed by atoms with Crippen LogP contribution in [0.3, 0.4) is 0 Å². The van der Waals surface area contributed by atoms with Gasteiger partial charge in [-0.15, -0.1) is 6.58 Å². The minimum absolute atomic E-state index is 1.07. The van der Waals surface area contributed by atoms with Gasteiger partial charge in [0.25, 0.3) is 0 Å². The van der Waals surface area contributed by atoms with Crippen LogP contribution in [0.5, 0.6) is 0 Å². The zero-order valence-electron chi connectivity index (χ0n) is 8.10. The monoisotopic (exact) mass is 165 g/mol. The van der Waals surface area contributed by atoms with Gasteiger partial charge in [0, 0.05) is 0 Å². The second kappa shape index (κ2) is 10.5. The lowest BCUT2D eigenvalue weighted by Crippen LogP contribution is -1.72. The van der Waals surface area contributed by atoms with Gasteiger partial charge in [-0.3, -0.25) is 0 Å². The van der Waals surface area contributed by atoms with Crippen molar-refractivity contribution in [2.45, 2.75) is 44.9 Å². The van der Waals surface area contributed by atoms with Gasteiger partial charge in [0.1, 0.15) is 0 Å². The molecule has 0 unspecified atom stereocenters. The van der Waals surface area contributed by atoms with Gasteiger partial charge in [0.2, 0.25) is 0 Å². The summed E-state index contributed by atoms with van der Waals surface area (Å²) in [5, 5.41) is 0. The molecule has 0 nitrogen and oxygen atoms in total. The molecule has 0 fully saturated rings. The Morgan fingerprint density at radius 2 is 1.50 bits per heavy atom. The molecule has 0 aromatic carbocycles. The summed E-state index contributed by atoms with van der Waals surface area (Å²) in [5.41, 5.74) is 0. The van der Waals surface area contributed by atoms with E-state index >= 15 is 0 Å². The molecule has 0 saturated carbocycles. The molecule has 0 heteroatoms. The molecule has 1 radical (unpaired) electrons. The summed E-state index contributed by atoms with van der Waals surface area (Å²) in [6, 6.07) is 0. The van der Waals surface area contributed by atoms with Crippen molar-refractivity contribution in [1.29, 1.82) is 0 Å². The van der Waals surface area contributed by atoms with Gasteiger partial charge in [0.15, 0.2) is 0 Å². The van der Waals surface area contributed by atoms with Gasteiger partial charge in [-0.25, -0.2) is 0 Å². The van der Waals surface area contributed by atoms with Crippen LogP contribution >= 0.6 is 0 Å². The van der Waals surface area contributed by atoms with Crippen molar-refractivity contribution < 1.29 is 0 Å². The van der Waals surface area contributed by atoms with E-state index in [0.29, 0.717) is 0 Å².